The second kappa shape index (κ2) is 5.98. The summed E-state index contributed by atoms with van der Waals surface area (Å²) >= 11 is 0. The first-order valence-corrected chi connectivity index (χ1v) is 6.70. The van der Waals surface area contributed by atoms with Gasteiger partial charge < -0.3 is 9.51 Å². The summed E-state index contributed by atoms with van der Waals surface area (Å²) in [5.41, 5.74) is 0.976. The van der Waals surface area contributed by atoms with Crippen LogP contribution in [0.25, 0.3) is 10.9 Å². The van der Waals surface area contributed by atoms with E-state index >= 15 is 0 Å². The largest absolute Gasteiger partial charge is 0.478 e. The maximum absolute atomic E-state index is 12.2. The van der Waals surface area contributed by atoms with E-state index in [9.17, 15) is 9.59 Å². The number of benzene rings is 1. The second-order valence-corrected chi connectivity index (χ2v) is 4.60. The SMILES string of the molecule is CCCCC(=O)c1ccc(OP)c2[nH]c(=O)ccc12. The third-order valence-corrected chi connectivity index (χ3v) is 3.30. The van der Waals surface area contributed by atoms with Crippen molar-refractivity contribution in [3.05, 3.63) is 40.2 Å². The van der Waals surface area contributed by atoms with Crippen molar-refractivity contribution in [2.75, 3.05) is 0 Å². The number of ketones is 1. The lowest BCUT2D eigenvalue weighted by Crippen LogP contribution is -2.06. The van der Waals surface area contributed by atoms with Crippen molar-refractivity contribution < 1.29 is 9.32 Å². The number of Topliss-reactive ketones (excluding diaryl/α,β-unsaturated/α-hetero) is 1. The lowest BCUT2D eigenvalue weighted by Gasteiger charge is -2.09. The highest BCUT2D eigenvalue weighted by Crippen LogP contribution is 2.28. The zero-order valence-corrected chi connectivity index (χ0v) is 11.9. The van der Waals surface area contributed by atoms with Crippen molar-refractivity contribution in [2.45, 2.75) is 26.2 Å². The molecule has 0 aliphatic heterocycles. The second-order valence-electron chi connectivity index (χ2n) is 4.37. The van der Waals surface area contributed by atoms with Gasteiger partial charge in [-0.1, -0.05) is 13.3 Å². The number of fused-ring (bicyclic) bond motifs is 1. The summed E-state index contributed by atoms with van der Waals surface area (Å²) in [5, 5.41) is 0.723. The van der Waals surface area contributed by atoms with Crippen molar-refractivity contribution in [3.63, 3.8) is 0 Å². The summed E-state index contributed by atoms with van der Waals surface area (Å²) in [4.78, 5) is 26.3. The molecule has 1 aromatic heterocycles. The van der Waals surface area contributed by atoms with Crippen LogP contribution in [0.4, 0.5) is 0 Å². The van der Waals surface area contributed by atoms with Crippen LogP contribution in [0, 0.1) is 0 Å². The summed E-state index contributed by atoms with van der Waals surface area (Å²) < 4.78 is 5.13. The maximum Gasteiger partial charge on any atom is 0.248 e. The van der Waals surface area contributed by atoms with Gasteiger partial charge in [0.25, 0.3) is 0 Å². The van der Waals surface area contributed by atoms with Crippen molar-refractivity contribution in [3.8, 4) is 5.75 Å². The smallest absolute Gasteiger partial charge is 0.248 e. The van der Waals surface area contributed by atoms with Crippen molar-refractivity contribution in [2.24, 2.45) is 0 Å². The lowest BCUT2D eigenvalue weighted by molar-refractivity contribution is 0.0981. The quantitative estimate of drug-likeness (QED) is 0.675. The molecule has 2 rings (SSSR count). The Balaban J connectivity index is 2.57. The fraction of sp³-hybridized carbons (Fsp3) is 0.286. The number of carbonyl (C=O) groups excluding carboxylic acids is 1. The van der Waals surface area contributed by atoms with E-state index in [4.69, 9.17) is 4.52 Å². The van der Waals surface area contributed by atoms with E-state index in [1.54, 1.807) is 18.2 Å². The van der Waals surface area contributed by atoms with Crippen LogP contribution in [0.5, 0.6) is 5.75 Å². The molecule has 1 atom stereocenters. The average Bonchev–Trinajstić information content (AvgIpc) is 2.43. The van der Waals surface area contributed by atoms with Crippen LogP contribution < -0.4 is 10.1 Å². The summed E-state index contributed by atoms with van der Waals surface area (Å²) in [6.45, 7) is 2.05. The molecule has 0 saturated heterocycles. The van der Waals surface area contributed by atoms with Gasteiger partial charge in [-0.05, 0) is 24.6 Å². The fourth-order valence-electron chi connectivity index (χ4n) is 2.04. The molecule has 4 nitrogen and oxygen atoms in total. The lowest BCUT2D eigenvalue weighted by atomic mass is 10.0. The molecular weight excluding hydrogens is 261 g/mol. The van der Waals surface area contributed by atoms with E-state index in [0.717, 1.165) is 18.2 Å². The minimum atomic E-state index is -0.214. The zero-order chi connectivity index (χ0) is 13.8. The molecule has 2 aromatic rings. The molecule has 0 aliphatic carbocycles. The number of hydrogen-bond donors (Lipinski definition) is 1. The minimum Gasteiger partial charge on any atom is -0.478 e. The molecule has 19 heavy (non-hydrogen) atoms. The van der Waals surface area contributed by atoms with Crippen LogP contribution in [0.15, 0.2) is 29.1 Å². The highest BCUT2D eigenvalue weighted by atomic mass is 31.0. The van der Waals surface area contributed by atoms with Crippen LogP contribution in [0.3, 0.4) is 0 Å². The van der Waals surface area contributed by atoms with Gasteiger partial charge >= 0.3 is 0 Å². The van der Waals surface area contributed by atoms with Gasteiger partial charge in [-0.15, -0.1) is 0 Å². The van der Waals surface area contributed by atoms with Gasteiger partial charge in [0.2, 0.25) is 5.56 Å². The molecule has 100 valence electrons. The van der Waals surface area contributed by atoms with Gasteiger partial charge in [-0.2, -0.15) is 0 Å². The number of aromatic nitrogens is 1. The molecule has 5 heteroatoms. The number of carbonyl (C=O) groups is 1. The first kappa shape index (κ1) is 13.8. The molecule has 0 bridgehead atoms. The molecule has 1 N–H and O–H groups in total. The van der Waals surface area contributed by atoms with Crippen molar-refractivity contribution >= 4 is 26.2 Å². The molecule has 0 spiro atoms. The Morgan fingerprint density at radius 1 is 1.32 bits per heavy atom. The fourth-order valence-corrected chi connectivity index (χ4v) is 2.24. The first-order valence-electron chi connectivity index (χ1n) is 6.23. The molecule has 0 saturated carbocycles. The molecule has 1 aromatic carbocycles. The topological polar surface area (TPSA) is 59.2 Å². The number of rotatable bonds is 5. The molecule has 0 amide bonds. The maximum atomic E-state index is 12.2. The Bertz CT molecular complexity index is 663. The molecule has 0 aliphatic rings. The van der Waals surface area contributed by atoms with Crippen LogP contribution in [0.1, 0.15) is 36.5 Å². The number of hydrogen-bond acceptors (Lipinski definition) is 3. The molecule has 0 radical (unpaired) electrons. The van der Waals surface area contributed by atoms with Gasteiger partial charge in [0.05, 0.1) is 15.0 Å². The van der Waals surface area contributed by atoms with E-state index in [1.165, 1.54) is 6.07 Å². The summed E-state index contributed by atoms with van der Waals surface area (Å²) in [6.07, 6.45) is 2.37. The molecule has 0 fully saturated rings. The van der Waals surface area contributed by atoms with E-state index in [-0.39, 0.29) is 11.3 Å². The minimum absolute atomic E-state index is 0.0919. The van der Waals surface area contributed by atoms with E-state index in [0.29, 0.717) is 23.3 Å². The third-order valence-electron chi connectivity index (χ3n) is 3.04. The van der Waals surface area contributed by atoms with E-state index in [2.05, 4.69) is 14.5 Å². The average molecular weight is 277 g/mol. The first-order chi connectivity index (χ1) is 9.17. The van der Waals surface area contributed by atoms with Gasteiger partial charge in [0.1, 0.15) is 5.75 Å². The van der Waals surface area contributed by atoms with Crippen LogP contribution in [0.2, 0.25) is 0 Å². The Morgan fingerprint density at radius 3 is 2.79 bits per heavy atom. The Morgan fingerprint density at radius 2 is 2.11 bits per heavy atom. The van der Waals surface area contributed by atoms with E-state index in [1.807, 2.05) is 6.92 Å². The number of nitrogens with one attached hydrogen (secondary N) is 1. The van der Waals surface area contributed by atoms with Crippen LogP contribution in [-0.2, 0) is 0 Å². The number of aromatic amines is 1. The standard InChI is InChI=1S/C14H16NO3P/c1-2-3-4-11(16)9-5-7-12(18-19)14-10(9)6-8-13(17)15-14/h5-8H,2-4,19H2,1H3,(H,15,17). The monoisotopic (exact) mass is 277 g/mol. The highest BCUT2D eigenvalue weighted by Gasteiger charge is 2.13. The Labute approximate surface area is 113 Å². The van der Waals surface area contributed by atoms with Gasteiger partial charge in [-0.3, -0.25) is 9.59 Å². The number of unbranched alkanes of at least 4 members (excludes halogenated alkanes) is 1. The van der Waals surface area contributed by atoms with E-state index < -0.39 is 0 Å². The third kappa shape index (κ3) is 2.85. The summed E-state index contributed by atoms with van der Waals surface area (Å²) in [6, 6.07) is 6.54. The summed E-state index contributed by atoms with van der Waals surface area (Å²) in [5.74, 6) is 0.624. The summed E-state index contributed by atoms with van der Waals surface area (Å²) in [7, 11) is 2.14. The zero-order valence-electron chi connectivity index (χ0n) is 10.7. The van der Waals surface area contributed by atoms with Crippen LogP contribution in [-0.4, -0.2) is 10.8 Å². The predicted molar refractivity (Wildman–Crippen MR) is 78.8 cm³/mol. The van der Waals surface area contributed by atoms with Gasteiger partial charge in [0, 0.05) is 23.4 Å². The van der Waals surface area contributed by atoms with Crippen molar-refractivity contribution in [1.29, 1.82) is 0 Å². The molecular formula is C14H16NO3P. The Hall–Kier alpha value is -1.67. The van der Waals surface area contributed by atoms with Crippen LogP contribution >= 0.6 is 9.47 Å². The molecule has 1 unspecified atom stereocenters. The van der Waals surface area contributed by atoms with Gasteiger partial charge in [0.15, 0.2) is 5.78 Å². The predicted octanol–water partition coefficient (Wildman–Crippen LogP) is 3.07. The molecule has 1 heterocycles. The highest BCUT2D eigenvalue weighted by molar-refractivity contribution is 7.10. The Kier molecular flexibility index (Phi) is 4.33. The normalized spacial score (nSPS) is 10.6. The van der Waals surface area contributed by atoms with Gasteiger partial charge in [-0.25, -0.2) is 0 Å². The van der Waals surface area contributed by atoms with Crippen molar-refractivity contribution in [1.82, 2.24) is 4.98 Å². The number of pyridine rings is 1. The number of H-pyrrole nitrogens is 1.